The zero-order chi connectivity index (χ0) is 21.6. The number of benzene rings is 1. The Bertz CT molecular complexity index is 905. The lowest BCUT2D eigenvalue weighted by Crippen LogP contribution is -2.43. The summed E-state index contributed by atoms with van der Waals surface area (Å²) in [6.45, 7) is 6.49. The van der Waals surface area contributed by atoms with Crippen molar-refractivity contribution in [3.63, 3.8) is 0 Å². The lowest BCUT2D eigenvalue weighted by molar-refractivity contribution is -0.144. The van der Waals surface area contributed by atoms with Gasteiger partial charge in [-0.3, -0.25) is 14.5 Å². The topological polar surface area (TPSA) is 66.8 Å². The molecular weight excluding hydrogens is 378 g/mol. The maximum Gasteiger partial charge on any atom is 0.311 e. The lowest BCUT2D eigenvalue weighted by atomic mass is 9.61. The van der Waals surface area contributed by atoms with E-state index in [0.717, 1.165) is 29.6 Å². The fourth-order valence-electron chi connectivity index (χ4n) is 5.43. The highest BCUT2D eigenvalue weighted by molar-refractivity contribution is 6.05. The Kier molecular flexibility index (Phi) is 5.45. The van der Waals surface area contributed by atoms with Gasteiger partial charge < -0.3 is 9.84 Å². The average molecular weight is 410 g/mol. The first-order valence-electron chi connectivity index (χ1n) is 10.8. The fraction of sp³-hybridized carbons (Fsp3) is 0.520. The van der Waals surface area contributed by atoms with E-state index in [0.29, 0.717) is 6.54 Å². The molecule has 0 aromatic heterocycles. The van der Waals surface area contributed by atoms with E-state index in [2.05, 4.69) is 6.92 Å². The predicted molar refractivity (Wildman–Crippen MR) is 115 cm³/mol. The first kappa shape index (κ1) is 21.0. The van der Waals surface area contributed by atoms with Crippen molar-refractivity contribution in [2.75, 3.05) is 13.6 Å². The van der Waals surface area contributed by atoms with Crippen LogP contribution in [0.1, 0.15) is 45.3 Å². The molecule has 1 N–H and O–H groups in total. The van der Waals surface area contributed by atoms with Gasteiger partial charge in [-0.15, -0.1) is 0 Å². The van der Waals surface area contributed by atoms with Crippen molar-refractivity contribution in [3.8, 4) is 0 Å². The molecule has 2 fully saturated rings. The Balaban J connectivity index is 1.52. The van der Waals surface area contributed by atoms with E-state index in [-0.39, 0.29) is 41.1 Å². The standard InChI is InChI=1S/C25H31NO4/c1-15-20(27)11-13-25(3)12-10-18-19(24(29)30-23(18)21(15)25)14-26(4)16(2)22(28)17-8-6-5-7-9-17/h5-9,11,13,16,18-19,22-23,28H,10,12,14H2,1-4H3/t16-,18-,19-,22+,23-,25-/m0/s1. The smallest absolute Gasteiger partial charge is 0.311 e. The summed E-state index contributed by atoms with van der Waals surface area (Å²) in [5, 5.41) is 10.8. The number of fused-ring (bicyclic) bond motifs is 3. The number of carbonyl (C=O) groups excluding carboxylic acids is 2. The van der Waals surface area contributed by atoms with E-state index >= 15 is 0 Å². The molecule has 1 heterocycles. The molecule has 3 aliphatic rings. The van der Waals surface area contributed by atoms with Crippen molar-refractivity contribution in [2.24, 2.45) is 17.3 Å². The normalized spacial score (nSPS) is 32.7. The molecule has 6 atom stereocenters. The van der Waals surface area contributed by atoms with Crippen molar-refractivity contribution in [2.45, 2.75) is 51.9 Å². The maximum absolute atomic E-state index is 12.9. The first-order chi connectivity index (χ1) is 14.2. The van der Waals surface area contributed by atoms with Crippen LogP contribution in [-0.4, -0.2) is 47.5 Å². The molecule has 0 amide bonds. The number of aliphatic hydroxyl groups excluding tert-OH is 1. The van der Waals surface area contributed by atoms with E-state index in [1.165, 1.54) is 0 Å². The van der Waals surface area contributed by atoms with Crippen molar-refractivity contribution in [1.82, 2.24) is 4.90 Å². The van der Waals surface area contributed by atoms with Gasteiger partial charge in [0, 0.05) is 29.5 Å². The van der Waals surface area contributed by atoms with E-state index < -0.39 is 6.10 Å². The Morgan fingerprint density at radius 2 is 1.97 bits per heavy atom. The Labute approximate surface area is 178 Å². The molecule has 0 spiro atoms. The van der Waals surface area contributed by atoms with E-state index in [1.807, 2.05) is 62.2 Å². The van der Waals surface area contributed by atoms with Crippen LogP contribution in [0.4, 0.5) is 0 Å². The number of ketones is 1. The van der Waals surface area contributed by atoms with Crippen LogP contribution in [0.25, 0.3) is 0 Å². The molecule has 1 aromatic carbocycles. The molecule has 1 saturated heterocycles. The minimum Gasteiger partial charge on any atom is -0.457 e. The maximum atomic E-state index is 12.9. The molecule has 0 unspecified atom stereocenters. The largest absolute Gasteiger partial charge is 0.457 e. The molecule has 5 nitrogen and oxygen atoms in total. The summed E-state index contributed by atoms with van der Waals surface area (Å²) >= 11 is 0. The van der Waals surface area contributed by atoms with Gasteiger partial charge >= 0.3 is 5.97 Å². The lowest BCUT2D eigenvalue weighted by Gasteiger charge is -2.43. The fourth-order valence-corrected chi connectivity index (χ4v) is 5.43. The highest BCUT2D eigenvalue weighted by Crippen LogP contribution is 2.53. The molecule has 1 aromatic rings. The zero-order valence-corrected chi connectivity index (χ0v) is 18.2. The summed E-state index contributed by atoms with van der Waals surface area (Å²) in [7, 11) is 1.95. The van der Waals surface area contributed by atoms with Crippen molar-refractivity contribution < 1.29 is 19.4 Å². The zero-order valence-electron chi connectivity index (χ0n) is 18.2. The molecule has 5 heteroatoms. The summed E-state index contributed by atoms with van der Waals surface area (Å²) < 4.78 is 5.88. The highest BCUT2D eigenvalue weighted by Gasteiger charge is 2.54. The van der Waals surface area contributed by atoms with Crippen molar-refractivity contribution in [3.05, 3.63) is 59.2 Å². The molecule has 30 heavy (non-hydrogen) atoms. The van der Waals surface area contributed by atoms with Gasteiger partial charge in [-0.25, -0.2) is 0 Å². The van der Waals surface area contributed by atoms with E-state index in [9.17, 15) is 14.7 Å². The van der Waals surface area contributed by atoms with Crippen molar-refractivity contribution in [1.29, 1.82) is 0 Å². The van der Waals surface area contributed by atoms with Crippen LogP contribution in [0.2, 0.25) is 0 Å². The summed E-state index contributed by atoms with van der Waals surface area (Å²) in [6.07, 6.45) is 4.48. The van der Waals surface area contributed by atoms with E-state index in [1.54, 1.807) is 6.08 Å². The van der Waals surface area contributed by atoms with Gasteiger partial charge in [0.15, 0.2) is 5.78 Å². The molecule has 4 rings (SSSR count). The molecule has 1 aliphatic heterocycles. The van der Waals surface area contributed by atoms with Gasteiger partial charge in [-0.05, 0) is 50.9 Å². The second kappa shape index (κ2) is 7.78. The van der Waals surface area contributed by atoms with Crippen LogP contribution in [0.3, 0.4) is 0 Å². The van der Waals surface area contributed by atoms with Gasteiger partial charge in [-0.2, -0.15) is 0 Å². The van der Waals surface area contributed by atoms with E-state index in [4.69, 9.17) is 4.74 Å². The van der Waals surface area contributed by atoms with Crippen LogP contribution in [-0.2, 0) is 14.3 Å². The molecule has 0 radical (unpaired) electrons. The van der Waals surface area contributed by atoms with Crippen LogP contribution >= 0.6 is 0 Å². The third-order valence-electron chi connectivity index (χ3n) is 7.50. The number of aliphatic hydroxyl groups is 1. The quantitative estimate of drug-likeness (QED) is 0.755. The van der Waals surface area contributed by atoms with Crippen LogP contribution in [0.5, 0.6) is 0 Å². The summed E-state index contributed by atoms with van der Waals surface area (Å²) in [4.78, 5) is 27.2. The number of rotatable bonds is 5. The number of likely N-dealkylation sites (N-methyl/N-ethyl adjacent to an activating group) is 1. The molecule has 2 aliphatic carbocycles. The summed E-state index contributed by atoms with van der Waals surface area (Å²) in [5.74, 6) is -0.362. The number of nitrogens with zero attached hydrogens (tertiary/aromatic N) is 1. The van der Waals surface area contributed by atoms with Crippen LogP contribution in [0, 0.1) is 17.3 Å². The Hall–Kier alpha value is -2.24. The van der Waals surface area contributed by atoms with Gasteiger partial charge in [0.25, 0.3) is 0 Å². The Morgan fingerprint density at radius 3 is 2.67 bits per heavy atom. The third kappa shape index (κ3) is 3.44. The number of carbonyl (C=O) groups is 2. The minimum atomic E-state index is -0.634. The first-order valence-corrected chi connectivity index (χ1v) is 10.8. The Morgan fingerprint density at radius 1 is 1.27 bits per heavy atom. The molecule has 0 bridgehead atoms. The highest BCUT2D eigenvalue weighted by atomic mass is 16.6. The third-order valence-corrected chi connectivity index (χ3v) is 7.50. The number of hydrogen-bond donors (Lipinski definition) is 1. The molecular formula is C25H31NO4. The van der Waals surface area contributed by atoms with Crippen LogP contribution in [0.15, 0.2) is 53.6 Å². The molecule has 1 saturated carbocycles. The minimum absolute atomic E-state index is 0.0133. The second-order valence-electron chi connectivity index (χ2n) is 9.36. The second-order valence-corrected chi connectivity index (χ2v) is 9.36. The molecule has 160 valence electrons. The number of ether oxygens (including phenoxy) is 1. The monoisotopic (exact) mass is 409 g/mol. The number of hydrogen-bond acceptors (Lipinski definition) is 5. The van der Waals surface area contributed by atoms with Gasteiger partial charge in [0.1, 0.15) is 6.10 Å². The summed E-state index contributed by atoms with van der Waals surface area (Å²) in [5.41, 5.74) is 2.37. The number of esters is 1. The predicted octanol–water partition coefficient (Wildman–Crippen LogP) is 3.45. The van der Waals surface area contributed by atoms with Crippen molar-refractivity contribution >= 4 is 11.8 Å². The number of allylic oxidation sites excluding steroid dienone is 3. The van der Waals surface area contributed by atoms with Gasteiger partial charge in [-0.1, -0.05) is 43.3 Å². The van der Waals surface area contributed by atoms with Crippen LogP contribution < -0.4 is 0 Å². The summed E-state index contributed by atoms with van der Waals surface area (Å²) in [6, 6.07) is 9.45. The average Bonchev–Trinajstić information content (AvgIpc) is 3.05. The SMILES string of the molecule is CC1=C2[C@H]3OC(=O)[C@@H](CN(C)[C@@H](C)[C@@H](O)c4ccccc4)[C@@H]3CC[C@@]2(C)C=CC1=O. The van der Waals surface area contributed by atoms with Gasteiger partial charge in [0.2, 0.25) is 0 Å². The van der Waals surface area contributed by atoms with Gasteiger partial charge in [0.05, 0.1) is 12.0 Å².